The van der Waals surface area contributed by atoms with E-state index in [9.17, 15) is 4.79 Å². The average molecular weight is 193 g/mol. The molecule has 0 unspecified atom stereocenters. The van der Waals surface area contributed by atoms with Crippen LogP contribution in [-0.2, 0) is 0 Å². The first-order valence-corrected chi connectivity index (χ1v) is 4.53. The lowest BCUT2D eigenvalue weighted by Gasteiger charge is -1.91. The maximum Gasteiger partial charge on any atom is 0.160 e. The number of rotatable bonds is 2. The van der Waals surface area contributed by atoms with Crippen LogP contribution < -0.4 is 0 Å². The second kappa shape index (κ2) is 3.10. The van der Waals surface area contributed by atoms with E-state index in [1.807, 2.05) is 13.0 Å². The third-order valence-corrected chi connectivity index (χ3v) is 2.90. The Morgan fingerprint density at radius 3 is 2.69 bits per heavy atom. The highest BCUT2D eigenvalue weighted by Crippen LogP contribution is 2.22. The van der Waals surface area contributed by atoms with Crippen LogP contribution >= 0.6 is 11.3 Å². The van der Waals surface area contributed by atoms with Crippen molar-refractivity contribution in [3.05, 3.63) is 29.2 Å². The zero-order valence-corrected chi connectivity index (χ0v) is 7.78. The standard InChI is InChI=1S/C8H7N3OS/c1-6-2-8(13-7(6)3-12)11-4-9-10-5-11/h2-5H,1H3. The van der Waals surface area contributed by atoms with Gasteiger partial charge in [0.05, 0.1) is 4.88 Å². The fourth-order valence-corrected chi connectivity index (χ4v) is 1.97. The van der Waals surface area contributed by atoms with E-state index in [1.165, 1.54) is 11.3 Å². The van der Waals surface area contributed by atoms with Crippen molar-refractivity contribution in [1.82, 2.24) is 14.8 Å². The molecular formula is C8H7N3OS. The van der Waals surface area contributed by atoms with Gasteiger partial charge in [-0.2, -0.15) is 0 Å². The summed E-state index contributed by atoms with van der Waals surface area (Å²) in [6.07, 6.45) is 4.09. The first-order chi connectivity index (χ1) is 6.31. The average Bonchev–Trinajstić information content (AvgIpc) is 2.71. The van der Waals surface area contributed by atoms with Gasteiger partial charge in [-0.3, -0.25) is 9.36 Å². The van der Waals surface area contributed by atoms with Crippen LogP contribution in [0.3, 0.4) is 0 Å². The normalized spacial score (nSPS) is 10.2. The predicted molar refractivity (Wildman–Crippen MR) is 49.4 cm³/mol. The number of nitrogens with zero attached hydrogens (tertiary/aromatic N) is 3. The minimum absolute atomic E-state index is 0.753. The Bertz CT molecular complexity index is 419. The Morgan fingerprint density at radius 1 is 1.46 bits per heavy atom. The fraction of sp³-hybridized carbons (Fsp3) is 0.125. The molecule has 0 fully saturated rings. The predicted octanol–water partition coefficient (Wildman–Crippen LogP) is 1.45. The summed E-state index contributed by atoms with van der Waals surface area (Å²) in [7, 11) is 0. The van der Waals surface area contributed by atoms with Gasteiger partial charge in [-0.05, 0) is 18.6 Å². The van der Waals surface area contributed by atoms with E-state index >= 15 is 0 Å². The second-order valence-corrected chi connectivity index (χ2v) is 3.68. The Morgan fingerprint density at radius 2 is 2.15 bits per heavy atom. The summed E-state index contributed by atoms with van der Waals surface area (Å²) in [6.45, 7) is 1.91. The monoisotopic (exact) mass is 193 g/mol. The van der Waals surface area contributed by atoms with Crippen molar-refractivity contribution in [2.45, 2.75) is 6.92 Å². The van der Waals surface area contributed by atoms with E-state index in [-0.39, 0.29) is 0 Å². The lowest BCUT2D eigenvalue weighted by molar-refractivity contribution is 0.112. The molecule has 0 atom stereocenters. The Hall–Kier alpha value is -1.49. The van der Waals surface area contributed by atoms with E-state index in [0.29, 0.717) is 0 Å². The Balaban J connectivity index is 2.48. The summed E-state index contributed by atoms with van der Waals surface area (Å²) in [5.41, 5.74) is 0.990. The van der Waals surface area contributed by atoms with Gasteiger partial charge in [0.25, 0.3) is 0 Å². The van der Waals surface area contributed by atoms with Crippen molar-refractivity contribution in [2.24, 2.45) is 0 Å². The number of hydrogen-bond donors (Lipinski definition) is 0. The van der Waals surface area contributed by atoms with Crippen molar-refractivity contribution in [3.63, 3.8) is 0 Å². The molecule has 0 radical (unpaired) electrons. The molecular weight excluding hydrogens is 186 g/mol. The molecule has 2 aromatic heterocycles. The first-order valence-electron chi connectivity index (χ1n) is 3.72. The van der Waals surface area contributed by atoms with E-state index in [1.54, 1.807) is 17.2 Å². The number of carbonyl (C=O) groups is 1. The summed E-state index contributed by atoms with van der Waals surface area (Å²) < 4.78 is 1.78. The molecule has 0 aliphatic heterocycles. The van der Waals surface area contributed by atoms with Gasteiger partial charge >= 0.3 is 0 Å². The van der Waals surface area contributed by atoms with E-state index in [2.05, 4.69) is 10.2 Å². The number of hydrogen-bond acceptors (Lipinski definition) is 4. The number of aromatic nitrogens is 3. The molecule has 0 spiro atoms. The van der Waals surface area contributed by atoms with E-state index in [0.717, 1.165) is 21.7 Å². The maximum absolute atomic E-state index is 10.6. The number of carbonyl (C=O) groups excluding carboxylic acids is 1. The molecule has 66 valence electrons. The van der Waals surface area contributed by atoms with Crippen LogP contribution in [0.15, 0.2) is 18.7 Å². The smallest absolute Gasteiger partial charge is 0.160 e. The third-order valence-electron chi connectivity index (χ3n) is 1.72. The minimum Gasteiger partial charge on any atom is -0.297 e. The molecule has 2 rings (SSSR count). The lowest BCUT2D eigenvalue weighted by atomic mass is 10.3. The van der Waals surface area contributed by atoms with Crippen LogP contribution in [0.2, 0.25) is 0 Å². The van der Waals surface area contributed by atoms with Crippen LogP contribution in [-0.4, -0.2) is 21.1 Å². The molecule has 0 aliphatic carbocycles. The zero-order chi connectivity index (χ0) is 9.26. The van der Waals surface area contributed by atoms with Gasteiger partial charge in [0.15, 0.2) is 6.29 Å². The van der Waals surface area contributed by atoms with Gasteiger partial charge in [0, 0.05) is 0 Å². The van der Waals surface area contributed by atoms with Crippen LogP contribution in [0.4, 0.5) is 0 Å². The highest BCUT2D eigenvalue weighted by atomic mass is 32.1. The Kier molecular flexibility index (Phi) is 1.94. The Labute approximate surface area is 78.8 Å². The van der Waals surface area contributed by atoms with E-state index < -0.39 is 0 Å². The largest absolute Gasteiger partial charge is 0.297 e. The van der Waals surface area contributed by atoms with Gasteiger partial charge in [-0.25, -0.2) is 0 Å². The fourth-order valence-electron chi connectivity index (χ4n) is 1.04. The molecule has 2 aromatic rings. The number of aldehydes is 1. The van der Waals surface area contributed by atoms with Crippen LogP contribution in [0.25, 0.3) is 5.00 Å². The molecule has 5 heteroatoms. The maximum atomic E-state index is 10.6. The first kappa shape index (κ1) is 8.12. The van der Waals surface area contributed by atoms with Crippen molar-refractivity contribution >= 4 is 17.6 Å². The van der Waals surface area contributed by atoms with Crippen LogP contribution in [0.5, 0.6) is 0 Å². The van der Waals surface area contributed by atoms with Crippen LogP contribution in [0.1, 0.15) is 15.2 Å². The summed E-state index contributed by atoms with van der Waals surface area (Å²) in [4.78, 5) is 11.3. The van der Waals surface area contributed by atoms with Crippen molar-refractivity contribution < 1.29 is 4.79 Å². The highest BCUT2D eigenvalue weighted by Gasteiger charge is 2.05. The topological polar surface area (TPSA) is 47.8 Å². The van der Waals surface area contributed by atoms with Gasteiger partial charge in [-0.15, -0.1) is 21.5 Å². The molecule has 0 saturated carbocycles. The SMILES string of the molecule is Cc1cc(-n2cnnc2)sc1C=O. The second-order valence-electron chi connectivity index (χ2n) is 2.62. The molecule has 13 heavy (non-hydrogen) atoms. The third kappa shape index (κ3) is 1.38. The summed E-state index contributed by atoms with van der Waals surface area (Å²) in [5, 5.41) is 8.35. The minimum atomic E-state index is 0.753. The van der Waals surface area contributed by atoms with Crippen molar-refractivity contribution in [2.75, 3.05) is 0 Å². The van der Waals surface area contributed by atoms with Gasteiger partial charge in [0.1, 0.15) is 17.7 Å². The molecule has 0 amide bonds. The van der Waals surface area contributed by atoms with Crippen molar-refractivity contribution in [1.29, 1.82) is 0 Å². The molecule has 0 aromatic carbocycles. The summed E-state index contributed by atoms with van der Waals surface area (Å²) in [6, 6.07) is 1.94. The molecule has 2 heterocycles. The van der Waals surface area contributed by atoms with Crippen LogP contribution in [0, 0.1) is 6.92 Å². The number of aryl methyl sites for hydroxylation is 1. The summed E-state index contributed by atoms with van der Waals surface area (Å²) in [5.74, 6) is 0. The van der Waals surface area contributed by atoms with Gasteiger partial charge < -0.3 is 0 Å². The highest BCUT2D eigenvalue weighted by molar-refractivity contribution is 7.16. The molecule has 0 saturated heterocycles. The van der Waals surface area contributed by atoms with Gasteiger partial charge in [0.2, 0.25) is 0 Å². The molecule has 0 bridgehead atoms. The summed E-state index contributed by atoms with van der Waals surface area (Å²) >= 11 is 1.43. The molecule has 4 nitrogen and oxygen atoms in total. The molecule has 0 N–H and O–H groups in total. The molecule has 0 aliphatic rings. The zero-order valence-electron chi connectivity index (χ0n) is 6.97. The van der Waals surface area contributed by atoms with Gasteiger partial charge in [-0.1, -0.05) is 0 Å². The number of thiophene rings is 1. The van der Waals surface area contributed by atoms with Crippen molar-refractivity contribution in [3.8, 4) is 5.00 Å². The quantitative estimate of drug-likeness (QED) is 0.678. The van der Waals surface area contributed by atoms with E-state index in [4.69, 9.17) is 0 Å². The lowest BCUT2D eigenvalue weighted by Crippen LogP contribution is -1.83.